The number of pyridine rings is 1. The first-order chi connectivity index (χ1) is 6.60. The molecule has 0 aliphatic heterocycles. The van der Waals surface area contributed by atoms with Crippen LogP contribution in [0.3, 0.4) is 0 Å². The zero-order valence-electron chi connectivity index (χ0n) is 7.23. The number of methoxy groups -OCH3 is 1. The molecule has 78 valence electrons. The quantitative estimate of drug-likeness (QED) is 0.738. The van der Waals surface area contributed by atoms with E-state index in [1.165, 1.54) is 7.11 Å². The highest BCUT2D eigenvalue weighted by Crippen LogP contribution is 2.28. The molecule has 14 heavy (non-hydrogen) atoms. The lowest BCUT2D eigenvalue weighted by molar-refractivity contribution is 0.145. The van der Waals surface area contributed by atoms with Crippen LogP contribution in [-0.4, -0.2) is 12.1 Å². The third-order valence-corrected chi connectivity index (χ3v) is 1.85. The maximum Gasteiger partial charge on any atom is 0.269 e. The van der Waals surface area contributed by atoms with E-state index in [0.717, 1.165) is 0 Å². The molecule has 1 aromatic rings. The molecule has 0 fully saturated rings. The molecule has 0 aliphatic rings. The summed E-state index contributed by atoms with van der Waals surface area (Å²) in [6, 6.07) is 0.689. The van der Waals surface area contributed by atoms with Gasteiger partial charge in [0.15, 0.2) is 0 Å². The van der Waals surface area contributed by atoms with Crippen molar-refractivity contribution in [2.24, 2.45) is 0 Å². The van der Waals surface area contributed by atoms with Crippen molar-refractivity contribution in [1.29, 1.82) is 0 Å². The number of halogens is 4. The highest BCUT2D eigenvalue weighted by Gasteiger charge is 2.18. The van der Waals surface area contributed by atoms with Gasteiger partial charge < -0.3 is 4.74 Å². The van der Waals surface area contributed by atoms with Crippen molar-refractivity contribution in [3.8, 4) is 5.88 Å². The van der Waals surface area contributed by atoms with E-state index in [1.54, 1.807) is 0 Å². The minimum absolute atomic E-state index is 0.104. The number of ether oxygens (including phenoxy) is 1. The summed E-state index contributed by atoms with van der Waals surface area (Å²) in [7, 11) is 1.18. The Hall–Kier alpha value is -0.970. The molecule has 1 rings (SSSR count). The smallest absolute Gasteiger partial charge is 0.269 e. The van der Waals surface area contributed by atoms with Gasteiger partial charge in [-0.25, -0.2) is 18.2 Å². The summed E-state index contributed by atoms with van der Waals surface area (Å²) in [5, 5.41) is 0. The van der Waals surface area contributed by atoms with Gasteiger partial charge in [0.05, 0.1) is 24.2 Å². The number of nitrogens with zero attached hydrogens (tertiary/aromatic N) is 1. The number of hydrogen-bond donors (Lipinski definition) is 0. The molecule has 1 heterocycles. The first kappa shape index (κ1) is 11.1. The summed E-state index contributed by atoms with van der Waals surface area (Å²) in [5.41, 5.74) is -0.674. The van der Waals surface area contributed by atoms with Gasteiger partial charge in [-0.05, 0) is 6.07 Å². The molecular formula is C8H7ClF3NO. The lowest BCUT2D eigenvalue weighted by Crippen LogP contribution is -2.01. The molecule has 0 atom stereocenters. The highest BCUT2D eigenvalue weighted by atomic mass is 35.5. The Bertz CT molecular complexity index is 333. The van der Waals surface area contributed by atoms with Crippen LogP contribution in [0.4, 0.5) is 13.2 Å². The minimum atomic E-state index is -2.82. The largest absolute Gasteiger partial charge is 0.481 e. The van der Waals surface area contributed by atoms with E-state index in [1.807, 2.05) is 0 Å². The average molecular weight is 226 g/mol. The van der Waals surface area contributed by atoms with Crippen LogP contribution in [0.5, 0.6) is 5.88 Å². The Kier molecular flexibility index (Phi) is 3.57. The third-order valence-electron chi connectivity index (χ3n) is 1.60. The number of rotatable bonds is 3. The van der Waals surface area contributed by atoms with Gasteiger partial charge in [-0.2, -0.15) is 0 Å². The molecule has 0 aromatic carbocycles. The molecule has 0 amide bonds. The SMILES string of the molecule is COc1nc(CCl)c(F)cc1C(F)F. The van der Waals surface area contributed by atoms with Gasteiger partial charge in [-0.1, -0.05) is 0 Å². The average Bonchev–Trinajstić information content (AvgIpc) is 2.17. The van der Waals surface area contributed by atoms with Crippen molar-refractivity contribution in [3.05, 3.63) is 23.1 Å². The van der Waals surface area contributed by atoms with Crippen LogP contribution in [0, 0.1) is 5.82 Å². The Morgan fingerprint density at radius 3 is 2.64 bits per heavy atom. The predicted molar refractivity (Wildman–Crippen MR) is 45.3 cm³/mol. The maximum atomic E-state index is 13.0. The minimum Gasteiger partial charge on any atom is -0.481 e. The van der Waals surface area contributed by atoms with Crippen LogP contribution >= 0.6 is 11.6 Å². The zero-order chi connectivity index (χ0) is 10.7. The standard InChI is InChI=1S/C8H7ClF3NO/c1-14-8-4(7(11)12)2-5(10)6(3-9)13-8/h2,7H,3H2,1H3. The predicted octanol–water partition coefficient (Wildman–Crippen LogP) is 2.91. The summed E-state index contributed by atoms with van der Waals surface area (Å²) in [6.07, 6.45) is -2.82. The van der Waals surface area contributed by atoms with Crippen LogP contribution in [0.2, 0.25) is 0 Å². The summed E-state index contributed by atoms with van der Waals surface area (Å²) < 4.78 is 42.2. The van der Waals surface area contributed by atoms with Crippen molar-refractivity contribution in [1.82, 2.24) is 4.98 Å². The maximum absolute atomic E-state index is 13.0. The van der Waals surface area contributed by atoms with Gasteiger partial charge in [0.2, 0.25) is 5.88 Å². The second-order valence-corrected chi connectivity index (χ2v) is 2.72. The topological polar surface area (TPSA) is 22.1 Å². The van der Waals surface area contributed by atoms with Gasteiger partial charge in [0, 0.05) is 0 Å². The van der Waals surface area contributed by atoms with Crippen LogP contribution in [0.15, 0.2) is 6.07 Å². The van der Waals surface area contributed by atoms with Crippen molar-refractivity contribution < 1.29 is 17.9 Å². The van der Waals surface area contributed by atoms with Crippen molar-refractivity contribution in [3.63, 3.8) is 0 Å². The molecule has 0 saturated heterocycles. The second kappa shape index (κ2) is 4.50. The molecule has 6 heteroatoms. The zero-order valence-corrected chi connectivity index (χ0v) is 7.99. The highest BCUT2D eigenvalue weighted by molar-refractivity contribution is 6.16. The van der Waals surface area contributed by atoms with Crippen molar-refractivity contribution in [2.75, 3.05) is 7.11 Å². The lowest BCUT2D eigenvalue weighted by atomic mass is 10.2. The fourth-order valence-corrected chi connectivity index (χ4v) is 1.12. The fourth-order valence-electron chi connectivity index (χ4n) is 0.936. The fraction of sp³-hybridized carbons (Fsp3) is 0.375. The molecule has 2 nitrogen and oxygen atoms in total. The van der Waals surface area contributed by atoms with E-state index in [2.05, 4.69) is 9.72 Å². The van der Waals surface area contributed by atoms with Crippen LogP contribution in [-0.2, 0) is 5.88 Å². The van der Waals surface area contributed by atoms with E-state index >= 15 is 0 Å². The molecule has 0 spiro atoms. The summed E-state index contributed by atoms with van der Waals surface area (Å²) in [5.74, 6) is -1.33. The second-order valence-electron chi connectivity index (χ2n) is 2.45. The normalized spacial score (nSPS) is 10.7. The van der Waals surface area contributed by atoms with E-state index in [4.69, 9.17) is 11.6 Å². The molecule has 0 N–H and O–H groups in total. The van der Waals surface area contributed by atoms with Gasteiger partial charge >= 0.3 is 0 Å². The first-order valence-corrected chi connectivity index (χ1v) is 4.21. The summed E-state index contributed by atoms with van der Waals surface area (Å²) in [4.78, 5) is 3.52. The van der Waals surface area contributed by atoms with Crippen LogP contribution in [0.25, 0.3) is 0 Å². The molecule has 0 saturated carbocycles. The Morgan fingerprint density at radius 1 is 1.57 bits per heavy atom. The molecule has 0 bridgehead atoms. The molecule has 0 unspecified atom stereocenters. The third kappa shape index (κ3) is 2.09. The first-order valence-electron chi connectivity index (χ1n) is 3.67. The monoisotopic (exact) mass is 225 g/mol. The molecule has 0 aliphatic carbocycles. The molecule has 0 radical (unpaired) electrons. The summed E-state index contributed by atoms with van der Waals surface area (Å²) >= 11 is 5.35. The Morgan fingerprint density at radius 2 is 2.21 bits per heavy atom. The molecular weight excluding hydrogens is 219 g/mol. The Balaban J connectivity index is 3.24. The van der Waals surface area contributed by atoms with Crippen LogP contribution < -0.4 is 4.74 Å². The van der Waals surface area contributed by atoms with E-state index in [0.29, 0.717) is 6.07 Å². The van der Waals surface area contributed by atoms with Gasteiger partial charge in [-0.15, -0.1) is 11.6 Å². The van der Waals surface area contributed by atoms with E-state index in [9.17, 15) is 13.2 Å². The van der Waals surface area contributed by atoms with Crippen LogP contribution in [0.1, 0.15) is 17.7 Å². The van der Waals surface area contributed by atoms with Crippen molar-refractivity contribution >= 4 is 11.6 Å². The number of hydrogen-bond acceptors (Lipinski definition) is 2. The number of aromatic nitrogens is 1. The van der Waals surface area contributed by atoms with Crippen molar-refractivity contribution in [2.45, 2.75) is 12.3 Å². The Labute approximate surface area is 83.7 Å². The van der Waals surface area contributed by atoms with Gasteiger partial charge in [0.1, 0.15) is 5.82 Å². The van der Waals surface area contributed by atoms with Gasteiger partial charge in [-0.3, -0.25) is 0 Å². The lowest BCUT2D eigenvalue weighted by Gasteiger charge is -2.08. The van der Waals surface area contributed by atoms with E-state index in [-0.39, 0.29) is 17.5 Å². The summed E-state index contributed by atoms with van der Waals surface area (Å²) in [6.45, 7) is 0. The van der Waals surface area contributed by atoms with E-state index < -0.39 is 17.8 Å². The molecule has 1 aromatic heterocycles. The van der Waals surface area contributed by atoms with Gasteiger partial charge in [0.25, 0.3) is 6.43 Å². The number of alkyl halides is 3.